The van der Waals surface area contributed by atoms with Gasteiger partial charge in [0, 0.05) is 10.9 Å². The molecule has 1 amide bonds. The van der Waals surface area contributed by atoms with Crippen molar-refractivity contribution in [3.05, 3.63) is 68.9 Å². The molecule has 0 aliphatic rings. The van der Waals surface area contributed by atoms with Crippen LogP contribution in [0.3, 0.4) is 0 Å². The fourth-order valence-electron chi connectivity index (χ4n) is 3.40. The number of carbonyl (C=O) groups excluding carboxylic acids is 2. The Labute approximate surface area is 194 Å². The monoisotopic (exact) mass is 462 g/mol. The second-order valence-corrected chi connectivity index (χ2v) is 8.81. The van der Waals surface area contributed by atoms with Crippen molar-refractivity contribution < 1.29 is 18.7 Å². The Hall–Kier alpha value is -3.90. The quantitative estimate of drug-likeness (QED) is 0.418. The van der Waals surface area contributed by atoms with Gasteiger partial charge >= 0.3 is 5.97 Å². The molecule has 3 aromatic heterocycles. The number of hydrogen-bond donors (Lipinski definition) is 1. The van der Waals surface area contributed by atoms with Gasteiger partial charge in [-0.25, -0.2) is 4.79 Å². The van der Waals surface area contributed by atoms with Crippen molar-refractivity contribution in [2.75, 3.05) is 11.9 Å². The van der Waals surface area contributed by atoms with E-state index < -0.39 is 18.5 Å². The highest BCUT2D eigenvalue weighted by atomic mass is 32.1. The van der Waals surface area contributed by atoms with Crippen molar-refractivity contribution in [2.45, 2.75) is 34.2 Å². The smallest absolute Gasteiger partial charge is 0.348 e. The lowest BCUT2D eigenvalue weighted by Crippen LogP contribution is -2.20. The van der Waals surface area contributed by atoms with Gasteiger partial charge in [0.05, 0.1) is 12.2 Å². The molecule has 0 atom stereocenters. The summed E-state index contributed by atoms with van der Waals surface area (Å²) in [6.45, 7) is 7.46. The summed E-state index contributed by atoms with van der Waals surface area (Å²) in [5.74, 6) is -0.585. The van der Waals surface area contributed by atoms with E-state index in [4.69, 9.17) is 9.15 Å². The van der Waals surface area contributed by atoms with Gasteiger partial charge in [0.25, 0.3) is 5.91 Å². The average Bonchev–Trinajstić information content (AvgIpc) is 3.42. The van der Waals surface area contributed by atoms with Gasteiger partial charge < -0.3 is 9.15 Å². The Kier molecular flexibility index (Phi) is 6.03. The highest BCUT2D eigenvalue weighted by molar-refractivity contribution is 7.20. The van der Waals surface area contributed by atoms with Crippen LogP contribution in [0.5, 0.6) is 0 Å². The molecule has 3 heterocycles. The fraction of sp³-hybridized carbons (Fsp3) is 0.250. The van der Waals surface area contributed by atoms with Gasteiger partial charge in [0.1, 0.15) is 27.1 Å². The summed E-state index contributed by atoms with van der Waals surface area (Å²) in [4.78, 5) is 26.1. The van der Waals surface area contributed by atoms with E-state index >= 15 is 0 Å². The van der Waals surface area contributed by atoms with Crippen LogP contribution in [0.4, 0.5) is 5.88 Å². The molecular formula is C24H22N4O4S. The summed E-state index contributed by atoms with van der Waals surface area (Å²) in [6.07, 6.45) is 0. The average molecular weight is 463 g/mol. The molecule has 0 bridgehead atoms. The molecule has 0 unspecified atom stereocenters. The maximum absolute atomic E-state index is 12.6. The minimum absolute atomic E-state index is 0.0576. The number of nitriles is 1. The largest absolute Gasteiger partial charge is 0.451 e. The maximum Gasteiger partial charge on any atom is 0.348 e. The topological polar surface area (TPSA) is 110 Å². The first kappa shape index (κ1) is 22.3. The number of nitrogens with zero attached hydrogens (tertiary/aromatic N) is 3. The van der Waals surface area contributed by atoms with Crippen molar-refractivity contribution in [2.24, 2.45) is 0 Å². The summed E-state index contributed by atoms with van der Waals surface area (Å²) >= 11 is 1.27. The normalized spacial score (nSPS) is 10.9. The second-order valence-electron chi connectivity index (χ2n) is 7.78. The number of aryl methyl sites for hydroxylation is 3. The molecule has 0 saturated carbocycles. The predicted molar refractivity (Wildman–Crippen MR) is 124 cm³/mol. The number of amides is 1. The van der Waals surface area contributed by atoms with Gasteiger partial charge in [-0.3, -0.25) is 14.8 Å². The molecule has 1 aromatic carbocycles. The first-order valence-corrected chi connectivity index (χ1v) is 11.1. The number of hydrogen-bond acceptors (Lipinski definition) is 7. The van der Waals surface area contributed by atoms with Gasteiger partial charge in [-0.2, -0.15) is 10.4 Å². The molecule has 1 N–H and O–H groups in total. The van der Waals surface area contributed by atoms with Gasteiger partial charge in [0.15, 0.2) is 6.61 Å². The van der Waals surface area contributed by atoms with E-state index in [-0.39, 0.29) is 11.4 Å². The van der Waals surface area contributed by atoms with E-state index in [1.165, 1.54) is 16.9 Å². The van der Waals surface area contributed by atoms with Crippen LogP contribution in [0.25, 0.3) is 10.2 Å². The number of furan rings is 1. The number of ether oxygens (including phenoxy) is 1. The lowest BCUT2D eigenvalue weighted by Gasteiger charge is -2.04. The third kappa shape index (κ3) is 4.52. The zero-order valence-corrected chi connectivity index (χ0v) is 19.5. The van der Waals surface area contributed by atoms with E-state index in [2.05, 4.69) is 34.7 Å². The van der Waals surface area contributed by atoms with E-state index in [0.29, 0.717) is 22.7 Å². The summed E-state index contributed by atoms with van der Waals surface area (Å²) in [5, 5.41) is 17.2. The summed E-state index contributed by atoms with van der Waals surface area (Å²) in [5.41, 5.74) is 4.03. The van der Waals surface area contributed by atoms with E-state index in [9.17, 15) is 14.9 Å². The van der Waals surface area contributed by atoms with Gasteiger partial charge in [-0.1, -0.05) is 29.8 Å². The van der Waals surface area contributed by atoms with Crippen LogP contribution >= 0.6 is 11.3 Å². The number of benzene rings is 1. The Bertz CT molecular complexity index is 1400. The van der Waals surface area contributed by atoms with Crippen molar-refractivity contribution >= 4 is 39.3 Å². The Morgan fingerprint density at radius 2 is 1.94 bits per heavy atom. The van der Waals surface area contributed by atoms with Crippen LogP contribution in [0.2, 0.25) is 0 Å². The number of carbonyl (C=O) groups is 2. The number of fused-ring (bicyclic) bond motifs is 1. The fourth-order valence-corrected chi connectivity index (χ4v) is 4.46. The summed E-state index contributed by atoms with van der Waals surface area (Å²) in [6, 6.07) is 12.0. The van der Waals surface area contributed by atoms with Crippen molar-refractivity contribution in [1.82, 2.24) is 9.78 Å². The van der Waals surface area contributed by atoms with Crippen molar-refractivity contribution in [3.8, 4) is 6.07 Å². The molecule has 0 aliphatic heterocycles. The molecular weight excluding hydrogens is 440 g/mol. The minimum Gasteiger partial charge on any atom is -0.451 e. The Morgan fingerprint density at radius 1 is 1.21 bits per heavy atom. The lowest BCUT2D eigenvalue weighted by atomic mass is 10.1. The minimum atomic E-state index is -0.597. The molecule has 4 aromatic rings. The molecule has 0 fully saturated rings. The summed E-state index contributed by atoms with van der Waals surface area (Å²) < 4.78 is 12.5. The third-order valence-corrected chi connectivity index (χ3v) is 6.47. The molecule has 168 valence electrons. The number of rotatable bonds is 6. The number of nitrogens with one attached hydrogen (secondary N) is 1. The first-order chi connectivity index (χ1) is 15.8. The zero-order chi connectivity index (χ0) is 23.7. The highest BCUT2D eigenvalue weighted by Gasteiger charge is 2.20. The zero-order valence-electron chi connectivity index (χ0n) is 18.7. The molecule has 0 spiro atoms. The lowest BCUT2D eigenvalue weighted by molar-refractivity contribution is -0.119. The molecule has 8 nitrogen and oxygen atoms in total. The number of esters is 1. The van der Waals surface area contributed by atoms with Crippen LogP contribution in [0.1, 0.15) is 43.4 Å². The number of aromatic nitrogens is 2. The summed E-state index contributed by atoms with van der Waals surface area (Å²) in [7, 11) is 0. The second kappa shape index (κ2) is 8.92. The van der Waals surface area contributed by atoms with Crippen molar-refractivity contribution in [1.29, 1.82) is 5.26 Å². The van der Waals surface area contributed by atoms with Crippen LogP contribution in [-0.4, -0.2) is 28.3 Å². The Balaban J connectivity index is 1.44. The first-order valence-electron chi connectivity index (χ1n) is 10.3. The predicted octanol–water partition coefficient (Wildman–Crippen LogP) is 4.64. The highest BCUT2D eigenvalue weighted by Crippen LogP contribution is 2.29. The van der Waals surface area contributed by atoms with Crippen LogP contribution in [0.15, 0.2) is 34.7 Å². The van der Waals surface area contributed by atoms with Gasteiger partial charge in [-0.15, -0.1) is 11.3 Å². The molecule has 33 heavy (non-hydrogen) atoms. The van der Waals surface area contributed by atoms with E-state index in [1.54, 1.807) is 19.9 Å². The van der Waals surface area contributed by atoms with E-state index in [0.717, 1.165) is 21.5 Å². The SMILES string of the molecule is Cc1ccc(Cn2nc(C)c3cc(C(=O)OCC(=O)Nc4oc(C)c(C)c4C#N)sc32)cc1. The van der Waals surface area contributed by atoms with Gasteiger partial charge in [-0.05, 0) is 39.3 Å². The maximum atomic E-state index is 12.6. The molecule has 0 radical (unpaired) electrons. The number of anilines is 1. The standard InChI is InChI=1S/C24H22N4O4S/c1-13-5-7-17(8-6-13)11-28-23-18(15(3)27-28)9-20(33-23)24(30)31-12-21(29)26-22-19(10-25)14(2)16(4)32-22/h5-9H,11-12H2,1-4H3,(H,26,29). The van der Waals surface area contributed by atoms with E-state index in [1.807, 2.05) is 24.6 Å². The molecule has 0 aliphatic carbocycles. The van der Waals surface area contributed by atoms with Crippen LogP contribution in [-0.2, 0) is 16.1 Å². The van der Waals surface area contributed by atoms with Crippen LogP contribution in [0, 0.1) is 39.0 Å². The van der Waals surface area contributed by atoms with Crippen LogP contribution < -0.4 is 5.32 Å². The molecule has 4 rings (SSSR count). The van der Waals surface area contributed by atoms with Crippen molar-refractivity contribution in [3.63, 3.8) is 0 Å². The molecule has 9 heteroatoms. The van der Waals surface area contributed by atoms with Gasteiger partial charge in [0.2, 0.25) is 5.88 Å². The number of thiophene rings is 1. The third-order valence-electron chi connectivity index (χ3n) is 5.35. The Morgan fingerprint density at radius 3 is 2.64 bits per heavy atom. The molecule has 0 saturated heterocycles.